The van der Waals surface area contributed by atoms with E-state index in [0.29, 0.717) is 12.1 Å². The monoisotopic (exact) mass is 315 g/mol. The summed E-state index contributed by atoms with van der Waals surface area (Å²) < 4.78 is 54.5. The molecule has 0 fully saturated rings. The van der Waals surface area contributed by atoms with Gasteiger partial charge in [0.05, 0.1) is 4.92 Å². The van der Waals surface area contributed by atoms with Gasteiger partial charge in [0, 0.05) is 12.1 Å². The van der Waals surface area contributed by atoms with Crippen LogP contribution in [0.3, 0.4) is 0 Å². The minimum atomic E-state index is -4.52. The molecule has 0 N–H and O–H groups in total. The third kappa shape index (κ3) is 3.31. The standard InChI is InChI=1S/C12H7F2NO5S/c13-8-2-1-3-10(6-8)21(18,19)20-12-7-9(14)4-5-11(12)15(16)17/h1-7H. The number of nitro benzene ring substituents is 1. The molecule has 0 aliphatic rings. The highest BCUT2D eigenvalue weighted by molar-refractivity contribution is 7.87. The Balaban J connectivity index is 2.46. The maximum absolute atomic E-state index is 13.1. The van der Waals surface area contributed by atoms with E-state index in [1.165, 1.54) is 0 Å². The summed E-state index contributed by atoms with van der Waals surface area (Å²) in [6, 6.07) is 6.00. The molecule has 0 aliphatic heterocycles. The Labute approximate surface area is 117 Å². The first-order valence-electron chi connectivity index (χ1n) is 5.43. The lowest BCUT2D eigenvalue weighted by molar-refractivity contribution is -0.385. The molecule has 0 bridgehead atoms. The topological polar surface area (TPSA) is 86.5 Å². The molecule has 0 aromatic heterocycles. The molecule has 0 heterocycles. The van der Waals surface area contributed by atoms with Gasteiger partial charge < -0.3 is 4.18 Å². The number of hydrogen-bond donors (Lipinski definition) is 0. The predicted molar refractivity (Wildman–Crippen MR) is 67.3 cm³/mol. The van der Waals surface area contributed by atoms with E-state index in [9.17, 15) is 27.3 Å². The first-order chi connectivity index (χ1) is 9.79. The van der Waals surface area contributed by atoms with Crippen LogP contribution in [0.1, 0.15) is 0 Å². The molecule has 6 nitrogen and oxygen atoms in total. The largest absolute Gasteiger partial charge is 0.371 e. The lowest BCUT2D eigenvalue weighted by Crippen LogP contribution is -2.11. The Morgan fingerprint density at radius 2 is 1.71 bits per heavy atom. The van der Waals surface area contributed by atoms with E-state index in [2.05, 4.69) is 4.18 Å². The van der Waals surface area contributed by atoms with Crippen LogP contribution >= 0.6 is 0 Å². The molecule has 0 atom stereocenters. The third-order valence-electron chi connectivity index (χ3n) is 2.40. The summed E-state index contributed by atoms with van der Waals surface area (Å²) in [4.78, 5) is 9.30. The van der Waals surface area contributed by atoms with Crippen LogP contribution in [-0.4, -0.2) is 13.3 Å². The molecule has 110 valence electrons. The van der Waals surface area contributed by atoms with Crippen LogP contribution in [0, 0.1) is 21.7 Å². The van der Waals surface area contributed by atoms with Crippen LogP contribution < -0.4 is 4.18 Å². The highest BCUT2D eigenvalue weighted by atomic mass is 32.2. The summed E-state index contributed by atoms with van der Waals surface area (Å²) in [6.45, 7) is 0. The van der Waals surface area contributed by atoms with Gasteiger partial charge in [0.25, 0.3) is 0 Å². The van der Waals surface area contributed by atoms with Gasteiger partial charge >= 0.3 is 15.8 Å². The van der Waals surface area contributed by atoms with Crippen molar-refractivity contribution in [3.05, 3.63) is 64.2 Å². The Morgan fingerprint density at radius 1 is 1.05 bits per heavy atom. The average molecular weight is 315 g/mol. The van der Waals surface area contributed by atoms with E-state index < -0.39 is 43.0 Å². The van der Waals surface area contributed by atoms with Crippen molar-refractivity contribution >= 4 is 15.8 Å². The summed E-state index contributed by atoms with van der Waals surface area (Å²) in [5, 5.41) is 10.8. The lowest BCUT2D eigenvalue weighted by Gasteiger charge is -2.07. The van der Waals surface area contributed by atoms with E-state index in [-0.39, 0.29) is 0 Å². The SMILES string of the molecule is O=[N+]([O-])c1ccc(F)cc1OS(=O)(=O)c1cccc(F)c1. The zero-order valence-corrected chi connectivity index (χ0v) is 11.0. The molecule has 0 unspecified atom stereocenters. The number of halogens is 2. The van der Waals surface area contributed by atoms with Gasteiger partial charge in [0.1, 0.15) is 16.5 Å². The van der Waals surface area contributed by atoms with Crippen molar-refractivity contribution in [1.29, 1.82) is 0 Å². The van der Waals surface area contributed by atoms with E-state index >= 15 is 0 Å². The zero-order chi connectivity index (χ0) is 15.6. The fourth-order valence-corrected chi connectivity index (χ4v) is 2.46. The van der Waals surface area contributed by atoms with Crippen molar-refractivity contribution in [2.45, 2.75) is 4.90 Å². The second-order valence-electron chi connectivity index (χ2n) is 3.86. The Kier molecular flexibility index (Phi) is 3.85. The zero-order valence-electron chi connectivity index (χ0n) is 10.2. The van der Waals surface area contributed by atoms with Crippen molar-refractivity contribution in [3.63, 3.8) is 0 Å². The molecule has 0 radical (unpaired) electrons. The first-order valence-corrected chi connectivity index (χ1v) is 6.84. The second kappa shape index (κ2) is 5.44. The van der Waals surface area contributed by atoms with Crippen molar-refractivity contribution in [2.24, 2.45) is 0 Å². The molecular weight excluding hydrogens is 308 g/mol. The summed E-state index contributed by atoms with van der Waals surface area (Å²) in [6.07, 6.45) is 0. The summed E-state index contributed by atoms with van der Waals surface area (Å²) in [5.74, 6) is -2.53. The van der Waals surface area contributed by atoms with Crippen LogP contribution in [0.5, 0.6) is 5.75 Å². The van der Waals surface area contributed by atoms with Gasteiger partial charge in [-0.1, -0.05) is 6.07 Å². The Hall–Kier alpha value is -2.55. The van der Waals surface area contributed by atoms with Crippen molar-refractivity contribution in [2.75, 3.05) is 0 Å². The Bertz CT molecular complexity index is 807. The number of hydrogen-bond acceptors (Lipinski definition) is 5. The average Bonchev–Trinajstić information content (AvgIpc) is 2.38. The van der Waals surface area contributed by atoms with Crippen LogP contribution in [0.4, 0.5) is 14.5 Å². The van der Waals surface area contributed by atoms with Crippen molar-refractivity contribution < 1.29 is 26.3 Å². The fraction of sp³-hybridized carbons (Fsp3) is 0. The quantitative estimate of drug-likeness (QED) is 0.492. The van der Waals surface area contributed by atoms with Crippen LogP contribution in [-0.2, 0) is 10.1 Å². The molecule has 9 heteroatoms. The number of nitro groups is 1. The summed E-state index contributed by atoms with van der Waals surface area (Å²) in [5.41, 5.74) is -0.726. The van der Waals surface area contributed by atoms with Gasteiger partial charge in [-0.25, -0.2) is 8.78 Å². The van der Waals surface area contributed by atoms with Crippen molar-refractivity contribution in [1.82, 2.24) is 0 Å². The van der Waals surface area contributed by atoms with Gasteiger partial charge in [-0.05, 0) is 24.3 Å². The normalized spacial score (nSPS) is 11.1. The number of nitrogens with zero attached hydrogens (tertiary/aromatic N) is 1. The Morgan fingerprint density at radius 3 is 2.33 bits per heavy atom. The van der Waals surface area contributed by atoms with Gasteiger partial charge in [-0.3, -0.25) is 10.1 Å². The van der Waals surface area contributed by atoms with Gasteiger partial charge in [0.2, 0.25) is 5.75 Å². The minimum absolute atomic E-state index is 0.541. The lowest BCUT2D eigenvalue weighted by atomic mass is 10.3. The molecule has 2 aromatic carbocycles. The molecule has 2 rings (SSSR count). The van der Waals surface area contributed by atoms with Crippen molar-refractivity contribution in [3.8, 4) is 5.75 Å². The molecule has 0 saturated heterocycles. The van der Waals surface area contributed by atoms with Gasteiger partial charge in [-0.15, -0.1) is 0 Å². The van der Waals surface area contributed by atoms with E-state index in [1.54, 1.807) is 0 Å². The van der Waals surface area contributed by atoms with Crippen LogP contribution in [0.15, 0.2) is 47.4 Å². The number of benzene rings is 2. The molecule has 21 heavy (non-hydrogen) atoms. The fourth-order valence-electron chi connectivity index (χ4n) is 1.49. The highest BCUT2D eigenvalue weighted by Gasteiger charge is 2.24. The minimum Gasteiger partial charge on any atom is -0.371 e. The predicted octanol–water partition coefficient (Wildman–Crippen LogP) is 2.64. The summed E-state index contributed by atoms with van der Waals surface area (Å²) in [7, 11) is -4.52. The van der Waals surface area contributed by atoms with Gasteiger partial charge in [0.15, 0.2) is 0 Å². The van der Waals surface area contributed by atoms with E-state index in [0.717, 1.165) is 30.3 Å². The maximum atomic E-state index is 13.1. The second-order valence-corrected chi connectivity index (χ2v) is 5.41. The maximum Gasteiger partial charge on any atom is 0.339 e. The molecule has 0 saturated carbocycles. The molecular formula is C12H7F2NO5S. The third-order valence-corrected chi connectivity index (χ3v) is 3.63. The molecule has 0 spiro atoms. The smallest absolute Gasteiger partial charge is 0.339 e. The van der Waals surface area contributed by atoms with Crippen LogP contribution in [0.2, 0.25) is 0 Å². The highest BCUT2D eigenvalue weighted by Crippen LogP contribution is 2.30. The van der Waals surface area contributed by atoms with Crippen LogP contribution in [0.25, 0.3) is 0 Å². The molecule has 2 aromatic rings. The number of rotatable bonds is 4. The molecule has 0 amide bonds. The first kappa shape index (κ1) is 14.9. The van der Waals surface area contributed by atoms with Gasteiger partial charge in [-0.2, -0.15) is 8.42 Å². The summed E-state index contributed by atoms with van der Waals surface area (Å²) >= 11 is 0. The molecule has 0 aliphatic carbocycles. The van der Waals surface area contributed by atoms with E-state index in [1.807, 2.05) is 0 Å². The van der Waals surface area contributed by atoms with E-state index in [4.69, 9.17) is 0 Å².